The van der Waals surface area contributed by atoms with Crippen molar-refractivity contribution in [2.45, 2.75) is 19.6 Å². The number of aliphatic carboxylic acids is 1. The molecule has 7 nitrogen and oxygen atoms in total. The number of benzene rings is 1. The fourth-order valence-corrected chi connectivity index (χ4v) is 3.44. The average Bonchev–Trinajstić information content (AvgIpc) is 2.73. The molecule has 0 aliphatic carbocycles. The first-order chi connectivity index (χ1) is 13.4. The van der Waals surface area contributed by atoms with Gasteiger partial charge in [0.1, 0.15) is 5.75 Å². The van der Waals surface area contributed by atoms with E-state index in [4.69, 9.17) is 4.74 Å². The smallest absolute Gasteiger partial charge is 0.372 e. The van der Waals surface area contributed by atoms with E-state index in [9.17, 15) is 14.7 Å². The van der Waals surface area contributed by atoms with E-state index in [0.29, 0.717) is 31.9 Å². The molecule has 2 aromatic rings. The second kappa shape index (κ2) is 8.39. The third-order valence-corrected chi connectivity index (χ3v) is 4.91. The van der Waals surface area contributed by atoms with Gasteiger partial charge in [-0.15, -0.1) is 0 Å². The SMILES string of the molecule is CC(C)C(=O)C(Oc1ccccc1)(C(=O)O)N1CCN(c2ccncc2)CC1. The van der Waals surface area contributed by atoms with Crippen molar-refractivity contribution in [3.8, 4) is 5.75 Å². The largest absolute Gasteiger partial charge is 0.477 e. The molecule has 0 amide bonds. The lowest BCUT2D eigenvalue weighted by Gasteiger charge is -2.44. The minimum absolute atomic E-state index is 0.357. The summed E-state index contributed by atoms with van der Waals surface area (Å²) in [5, 5.41) is 10.1. The first-order valence-corrected chi connectivity index (χ1v) is 9.37. The summed E-state index contributed by atoms with van der Waals surface area (Å²) >= 11 is 0. The number of carbonyl (C=O) groups is 2. The Bertz CT molecular complexity index is 805. The second-order valence-electron chi connectivity index (χ2n) is 7.06. The van der Waals surface area contributed by atoms with Crippen LogP contribution in [0.2, 0.25) is 0 Å². The molecule has 1 atom stereocenters. The van der Waals surface area contributed by atoms with Crippen LogP contribution in [0.25, 0.3) is 0 Å². The standard InChI is InChI=1S/C21H25N3O4/c1-16(2)19(25)21(20(26)27,28-18-6-4-3-5-7-18)24-14-12-23(13-15-24)17-8-10-22-11-9-17/h3-11,16H,12-15H2,1-2H3,(H,26,27). The van der Waals surface area contributed by atoms with Crippen molar-refractivity contribution in [1.82, 2.24) is 9.88 Å². The highest BCUT2D eigenvalue weighted by Gasteiger charge is 2.55. The number of carboxylic acid groups (broad SMARTS) is 1. The Hall–Kier alpha value is -2.93. The zero-order valence-corrected chi connectivity index (χ0v) is 16.1. The number of ketones is 1. The fourth-order valence-electron chi connectivity index (χ4n) is 3.44. The minimum Gasteiger partial charge on any atom is -0.477 e. The number of pyridine rings is 1. The van der Waals surface area contributed by atoms with Crippen LogP contribution >= 0.6 is 0 Å². The molecule has 148 valence electrons. The van der Waals surface area contributed by atoms with Gasteiger partial charge >= 0.3 is 11.7 Å². The van der Waals surface area contributed by atoms with E-state index < -0.39 is 23.4 Å². The lowest BCUT2D eigenvalue weighted by molar-refractivity contribution is -0.184. The Labute approximate surface area is 164 Å². The van der Waals surface area contributed by atoms with Gasteiger partial charge in [-0.3, -0.25) is 9.78 Å². The molecule has 0 saturated carbocycles. The first kappa shape index (κ1) is 19.8. The van der Waals surface area contributed by atoms with Crippen molar-refractivity contribution in [1.29, 1.82) is 0 Å². The van der Waals surface area contributed by atoms with Gasteiger partial charge in [0.15, 0.2) is 0 Å². The maximum absolute atomic E-state index is 13.1. The van der Waals surface area contributed by atoms with Crippen LogP contribution < -0.4 is 9.64 Å². The predicted molar refractivity (Wildman–Crippen MR) is 105 cm³/mol. The van der Waals surface area contributed by atoms with E-state index in [0.717, 1.165) is 5.69 Å². The van der Waals surface area contributed by atoms with Crippen LogP contribution in [0.1, 0.15) is 13.8 Å². The molecule has 1 saturated heterocycles. The van der Waals surface area contributed by atoms with E-state index in [1.165, 1.54) is 0 Å². The number of hydrogen-bond acceptors (Lipinski definition) is 6. The molecule has 1 unspecified atom stereocenters. The summed E-state index contributed by atoms with van der Waals surface area (Å²) in [6.07, 6.45) is 3.45. The van der Waals surface area contributed by atoms with Crippen molar-refractivity contribution in [2.24, 2.45) is 5.92 Å². The summed E-state index contributed by atoms with van der Waals surface area (Å²) in [5.74, 6) is -1.87. The van der Waals surface area contributed by atoms with Gasteiger partial charge in [0.2, 0.25) is 5.78 Å². The summed E-state index contributed by atoms with van der Waals surface area (Å²) in [6.45, 7) is 5.34. The number of ether oxygens (including phenoxy) is 1. The Kier molecular flexibility index (Phi) is 5.94. The van der Waals surface area contributed by atoms with Gasteiger partial charge in [0, 0.05) is 50.2 Å². The molecule has 2 heterocycles. The molecule has 28 heavy (non-hydrogen) atoms. The highest BCUT2D eigenvalue weighted by molar-refractivity contribution is 6.07. The zero-order valence-electron chi connectivity index (χ0n) is 16.1. The minimum atomic E-state index is -2.04. The third kappa shape index (κ3) is 3.84. The molecule has 1 aliphatic rings. The van der Waals surface area contributed by atoms with E-state index in [2.05, 4.69) is 9.88 Å². The van der Waals surface area contributed by atoms with Crippen molar-refractivity contribution in [2.75, 3.05) is 31.1 Å². The second-order valence-corrected chi connectivity index (χ2v) is 7.06. The number of nitrogens with zero attached hydrogens (tertiary/aromatic N) is 3. The van der Waals surface area contributed by atoms with Crippen molar-refractivity contribution < 1.29 is 19.4 Å². The molecule has 7 heteroatoms. The number of Topliss-reactive ketones (excluding diaryl/α,β-unsaturated/α-hetero) is 1. The molecule has 1 aromatic carbocycles. The number of carboxylic acids is 1. The molecular weight excluding hydrogens is 358 g/mol. The summed E-state index contributed by atoms with van der Waals surface area (Å²) in [5.41, 5.74) is -1.02. The van der Waals surface area contributed by atoms with Gasteiger partial charge in [-0.1, -0.05) is 32.0 Å². The van der Waals surface area contributed by atoms with Gasteiger partial charge in [-0.05, 0) is 24.3 Å². The molecule has 0 radical (unpaired) electrons. The average molecular weight is 383 g/mol. The maximum atomic E-state index is 13.1. The van der Waals surface area contributed by atoms with E-state index in [-0.39, 0.29) is 0 Å². The molecule has 3 rings (SSSR count). The molecule has 0 bridgehead atoms. The zero-order chi connectivity index (χ0) is 20.1. The summed E-state index contributed by atoms with van der Waals surface area (Å²) in [7, 11) is 0. The molecule has 1 N–H and O–H groups in total. The number of aromatic nitrogens is 1. The lowest BCUT2D eigenvalue weighted by atomic mass is 9.95. The number of anilines is 1. The van der Waals surface area contributed by atoms with Crippen molar-refractivity contribution in [3.05, 3.63) is 54.9 Å². The Balaban J connectivity index is 1.89. The number of para-hydroxylation sites is 1. The monoisotopic (exact) mass is 383 g/mol. The van der Waals surface area contributed by atoms with Crippen molar-refractivity contribution in [3.63, 3.8) is 0 Å². The number of piperazine rings is 1. The van der Waals surface area contributed by atoms with Gasteiger partial charge in [0.25, 0.3) is 0 Å². The first-order valence-electron chi connectivity index (χ1n) is 9.37. The Morgan fingerprint density at radius 1 is 1.04 bits per heavy atom. The van der Waals surface area contributed by atoms with Gasteiger partial charge in [-0.25, -0.2) is 9.69 Å². The van der Waals surface area contributed by atoms with Crippen LogP contribution in [0.4, 0.5) is 5.69 Å². The summed E-state index contributed by atoms with van der Waals surface area (Å²) in [4.78, 5) is 33.3. The number of hydrogen-bond donors (Lipinski definition) is 1. The van der Waals surface area contributed by atoms with Gasteiger partial charge < -0.3 is 14.7 Å². The number of carbonyl (C=O) groups excluding carboxylic acids is 1. The van der Waals surface area contributed by atoms with Crippen LogP contribution in [0.15, 0.2) is 54.9 Å². The van der Waals surface area contributed by atoms with E-state index in [1.54, 1.807) is 55.4 Å². The van der Waals surface area contributed by atoms with E-state index in [1.807, 2.05) is 18.2 Å². The van der Waals surface area contributed by atoms with Crippen LogP contribution in [0.3, 0.4) is 0 Å². The number of rotatable bonds is 7. The summed E-state index contributed by atoms with van der Waals surface area (Å²) in [6, 6.07) is 12.5. The molecule has 1 fully saturated rings. The van der Waals surface area contributed by atoms with Crippen LogP contribution in [0, 0.1) is 5.92 Å². The van der Waals surface area contributed by atoms with Crippen LogP contribution in [-0.2, 0) is 9.59 Å². The van der Waals surface area contributed by atoms with Crippen LogP contribution in [-0.4, -0.2) is 58.6 Å². The highest BCUT2D eigenvalue weighted by atomic mass is 16.6. The molecule has 1 aromatic heterocycles. The quantitative estimate of drug-likeness (QED) is 0.735. The third-order valence-electron chi connectivity index (χ3n) is 4.91. The molecule has 1 aliphatic heterocycles. The van der Waals surface area contributed by atoms with Gasteiger partial charge in [-0.2, -0.15) is 0 Å². The normalized spacial score (nSPS) is 17.2. The Morgan fingerprint density at radius 2 is 1.64 bits per heavy atom. The topological polar surface area (TPSA) is 83.0 Å². The van der Waals surface area contributed by atoms with Gasteiger partial charge in [0.05, 0.1) is 0 Å². The molecular formula is C21H25N3O4. The van der Waals surface area contributed by atoms with Crippen molar-refractivity contribution >= 4 is 17.4 Å². The maximum Gasteiger partial charge on any atom is 0.372 e. The lowest BCUT2D eigenvalue weighted by Crippen LogP contribution is -2.68. The predicted octanol–water partition coefficient (Wildman–Crippen LogP) is 2.29. The van der Waals surface area contributed by atoms with Crippen LogP contribution in [0.5, 0.6) is 5.75 Å². The Morgan fingerprint density at radius 3 is 2.18 bits per heavy atom. The molecule has 0 spiro atoms. The summed E-state index contributed by atoms with van der Waals surface area (Å²) < 4.78 is 5.92. The highest BCUT2D eigenvalue weighted by Crippen LogP contribution is 2.28. The van der Waals surface area contributed by atoms with E-state index >= 15 is 0 Å². The fraction of sp³-hybridized carbons (Fsp3) is 0.381.